The number of thioether (sulfide) groups is 1. The maximum Gasteiger partial charge on any atom is 0.110 e. The lowest BCUT2D eigenvalue weighted by molar-refractivity contribution is 0.607. The van der Waals surface area contributed by atoms with Crippen molar-refractivity contribution in [3.8, 4) is 0 Å². The van der Waals surface area contributed by atoms with Crippen molar-refractivity contribution in [2.24, 2.45) is 5.73 Å². The van der Waals surface area contributed by atoms with Gasteiger partial charge in [-0.3, -0.25) is 0 Å². The highest BCUT2D eigenvalue weighted by molar-refractivity contribution is 7.99. The van der Waals surface area contributed by atoms with Gasteiger partial charge in [0, 0.05) is 42.0 Å². The molecule has 108 valence electrons. The summed E-state index contributed by atoms with van der Waals surface area (Å²) in [7, 11) is 0. The quantitative estimate of drug-likeness (QED) is 0.796. The molecule has 0 bridgehead atoms. The highest BCUT2D eigenvalue weighted by Gasteiger charge is 2.09. The van der Waals surface area contributed by atoms with Crippen molar-refractivity contribution < 1.29 is 0 Å². The molecule has 1 unspecified atom stereocenters. The molecule has 1 aromatic heterocycles. The Bertz CT molecular complexity index is 536. The maximum atomic E-state index is 6.24. The second kappa shape index (κ2) is 7.50. The van der Waals surface area contributed by atoms with E-state index in [1.54, 1.807) is 0 Å². The molecule has 0 aliphatic heterocycles. The number of benzene rings is 1. The van der Waals surface area contributed by atoms with Crippen LogP contribution in [0.25, 0.3) is 0 Å². The summed E-state index contributed by atoms with van der Waals surface area (Å²) in [5.74, 6) is 2.02. The molecule has 20 heavy (non-hydrogen) atoms. The van der Waals surface area contributed by atoms with Crippen molar-refractivity contribution >= 4 is 11.8 Å². The summed E-state index contributed by atoms with van der Waals surface area (Å²) in [4.78, 5) is 5.71. The molecule has 0 saturated heterocycles. The summed E-state index contributed by atoms with van der Waals surface area (Å²) in [5.41, 5.74) is 7.54. The van der Waals surface area contributed by atoms with E-state index in [-0.39, 0.29) is 6.04 Å². The van der Waals surface area contributed by atoms with Gasteiger partial charge in [-0.05, 0) is 25.5 Å². The summed E-state index contributed by atoms with van der Waals surface area (Å²) >= 11 is 1.82. The molecule has 0 aliphatic rings. The van der Waals surface area contributed by atoms with Gasteiger partial charge in [-0.2, -0.15) is 0 Å². The maximum absolute atomic E-state index is 6.24. The molecule has 2 aromatic rings. The molecule has 0 radical (unpaired) electrons. The van der Waals surface area contributed by atoms with Crippen LogP contribution in [0.15, 0.2) is 41.6 Å². The zero-order chi connectivity index (χ0) is 14.4. The molecule has 3 nitrogen and oxygen atoms in total. The van der Waals surface area contributed by atoms with Gasteiger partial charge in [-0.25, -0.2) is 4.98 Å². The van der Waals surface area contributed by atoms with E-state index < -0.39 is 0 Å². The van der Waals surface area contributed by atoms with Crippen LogP contribution in [0.5, 0.6) is 0 Å². The van der Waals surface area contributed by atoms with Crippen LogP contribution in [0.3, 0.4) is 0 Å². The minimum atomic E-state index is 0.138. The Morgan fingerprint density at radius 2 is 2.25 bits per heavy atom. The van der Waals surface area contributed by atoms with Gasteiger partial charge in [-0.15, -0.1) is 11.8 Å². The molecule has 1 aromatic carbocycles. The smallest absolute Gasteiger partial charge is 0.110 e. The third kappa shape index (κ3) is 4.39. The van der Waals surface area contributed by atoms with Crippen molar-refractivity contribution in [3.05, 3.63) is 48.0 Å². The predicted octanol–water partition coefficient (Wildman–Crippen LogP) is 3.26. The monoisotopic (exact) mass is 289 g/mol. The van der Waals surface area contributed by atoms with Crippen LogP contribution in [-0.4, -0.2) is 21.3 Å². The molecule has 0 aliphatic carbocycles. The van der Waals surface area contributed by atoms with Crippen molar-refractivity contribution in [1.29, 1.82) is 0 Å². The van der Waals surface area contributed by atoms with Gasteiger partial charge >= 0.3 is 0 Å². The van der Waals surface area contributed by atoms with Gasteiger partial charge < -0.3 is 10.3 Å². The van der Waals surface area contributed by atoms with E-state index in [2.05, 4.69) is 47.7 Å². The van der Waals surface area contributed by atoms with Gasteiger partial charge in [0.25, 0.3) is 0 Å². The normalized spacial score (nSPS) is 12.6. The fourth-order valence-electron chi connectivity index (χ4n) is 2.18. The molecule has 0 saturated carbocycles. The lowest BCUT2D eigenvalue weighted by atomic mass is 10.2. The molecule has 0 spiro atoms. The molecule has 1 heterocycles. The summed E-state index contributed by atoms with van der Waals surface area (Å²) in [5, 5.41) is 0. The van der Waals surface area contributed by atoms with E-state index in [4.69, 9.17) is 5.73 Å². The minimum absolute atomic E-state index is 0.138. The van der Waals surface area contributed by atoms with Gasteiger partial charge in [0.1, 0.15) is 5.82 Å². The Morgan fingerprint density at radius 3 is 3.00 bits per heavy atom. The van der Waals surface area contributed by atoms with Crippen LogP contribution < -0.4 is 5.73 Å². The van der Waals surface area contributed by atoms with E-state index in [9.17, 15) is 0 Å². The van der Waals surface area contributed by atoms with Crippen LogP contribution in [0.2, 0.25) is 0 Å². The standard InChI is InChI=1S/C16H23N3S/c1-3-8-19-9-7-18-16(19)11-14(17)12-20-15-6-4-5-13(2)10-15/h4-7,9-10,14H,3,8,11-12,17H2,1-2H3. The van der Waals surface area contributed by atoms with Gasteiger partial charge in [0.15, 0.2) is 0 Å². The van der Waals surface area contributed by atoms with Crippen LogP contribution in [0.1, 0.15) is 24.7 Å². The zero-order valence-electron chi connectivity index (χ0n) is 12.2. The number of hydrogen-bond acceptors (Lipinski definition) is 3. The first kappa shape index (κ1) is 15.1. The minimum Gasteiger partial charge on any atom is -0.335 e. The summed E-state index contributed by atoms with van der Waals surface area (Å²) in [6, 6.07) is 8.69. The number of hydrogen-bond donors (Lipinski definition) is 1. The van der Waals surface area contributed by atoms with Crippen molar-refractivity contribution in [2.75, 3.05) is 5.75 Å². The second-order valence-corrected chi connectivity index (χ2v) is 6.22. The third-order valence-electron chi connectivity index (χ3n) is 3.16. The third-order valence-corrected chi connectivity index (χ3v) is 4.35. The second-order valence-electron chi connectivity index (χ2n) is 5.13. The van der Waals surface area contributed by atoms with Gasteiger partial charge in [0.05, 0.1) is 0 Å². The van der Waals surface area contributed by atoms with Crippen molar-refractivity contribution in [3.63, 3.8) is 0 Å². The van der Waals surface area contributed by atoms with Gasteiger partial charge in [-0.1, -0.05) is 24.6 Å². The number of aryl methyl sites for hydroxylation is 2. The fraction of sp³-hybridized carbons (Fsp3) is 0.438. The number of nitrogens with zero attached hydrogens (tertiary/aromatic N) is 2. The SMILES string of the molecule is CCCn1ccnc1CC(N)CSc1cccc(C)c1. The first-order chi connectivity index (χ1) is 9.69. The van der Waals surface area contributed by atoms with E-state index in [0.717, 1.165) is 31.0 Å². The Morgan fingerprint density at radius 1 is 1.40 bits per heavy atom. The van der Waals surface area contributed by atoms with Gasteiger partial charge in [0.2, 0.25) is 0 Å². The summed E-state index contributed by atoms with van der Waals surface area (Å²) < 4.78 is 2.21. The summed E-state index contributed by atoms with van der Waals surface area (Å²) in [6.45, 7) is 5.32. The predicted molar refractivity (Wildman–Crippen MR) is 86.1 cm³/mol. The number of imidazole rings is 1. The van der Waals surface area contributed by atoms with E-state index in [0.29, 0.717) is 0 Å². The van der Waals surface area contributed by atoms with Crippen LogP contribution in [0, 0.1) is 6.92 Å². The molecule has 2 rings (SSSR count). The Kier molecular flexibility index (Phi) is 5.68. The molecular weight excluding hydrogens is 266 g/mol. The Labute approximate surface area is 125 Å². The first-order valence-electron chi connectivity index (χ1n) is 7.14. The average molecular weight is 289 g/mol. The van der Waals surface area contributed by atoms with E-state index in [1.807, 2.05) is 24.2 Å². The molecule has 0 fully saturated rings. The fourth-order valence-corrected chi connectivity index (χ4v) is 3.14. The molecule has 0 amide bonds. The number of rotatable bonds is 7. The molecular formula is C16H23N3S. The average Bonchev–Trinajstić information content (AvgIpc) is 2.84. The Hall–Kier alpha value is -1.26. The lowest BCUT2D eigenvalue weighted by Gasteiger charge is -2.12. The van der Waals surface area contributed by atoms with Crippen LogP contribution >= 0.6 is 11.8 Å². The van der Waals surface area contributed by atoms with Crippen LogP contribution in [-0.2, 0) is 13.0 Å². The molecule has 1 atom stereocenters. The first-order valence-corrected chi connectivity index (χ1v) is 8.12. The number of nitrogens with two attached hydrogens (primary N) is 1. The molecule has 2 N–H and O–H groups in total. The highest BCUT2D eigenvalue weighted by atomic mass is 32.2. The van der Waals surface area contributed by atoms with E-state index in [1.165, 1.54) is 10.5 Å². The zero-order valence-corrected chi connectivity index (χ0v) is 13.1. The van der Waals surface area contributed by atoms with Crippen molar-refractivity contribution in [2.45, 2.75) is 44.2 Å². The summed E-state index contributed by atoms with van der Waals surface area (Å²) in [6.07, 6.45) is 5.87. The van der Waals surface area contributed by atoms with Crippen molar-refractivity contribution in [1.82, 2.24) is 9.55 Å². The number of aromatic nitrogens is 2. The molecule has 4 heteroatoms. The van der Waals surface area contributed by atoms with E-state index >= 15 is 0 Å². The Balaban J connectivity index is 1.86. The lowest BCUT2D eigenvalue weighted by Crippen LogP contribution is -2.27. The highest BCUT2D eigenvalue weighted by Crippen LogP contribution is 2.20. The van der Waals surface area contributed by atoms with Crippen LogP contribution in [0.4, 0.5) is 0 Å². The topological polar surface area (TPSA) is 43.8 Å². The largest absolute Gasteiger partial charge is 0.335 e.